The van der Waals surface area contributed by atoms with Gasteiger partial charge in [-0.15, -0.1) is 0 Å². The van der Waals surface area contributed by atoms with Gasteiger partial charge in [-0.05, 0) is 43.0 Å². The lowest BCUT2D eigenvalue weighted by Crippen LogP contribution is -2.33. The molecule has 4 heteroatoms. The first kappa shape index (κ1) is 14.3. The summed E-state index contributed by atoms with van der Waals surface area (Å²) in [5.41, 5.74) is -0.418. The monoisotopic (exact) mass is 284 g/mol. The summed E-state index contributed by atoms with van der Waals surface area (Å²) in [4.78, 5) is 11.7. The maximum Gasteiger partial charge on any atom is 0.309 e. The molecule has 1 N–H and O–H groups in total. The Labute approximate surface area is 117 Å². The summed E-state index contributed by atoms with van der Waals surface area (Å²) in [6, 6.07) is 4.34. The van der Waals surface area contributed by atoms with Gasteiger partial charge in [-0.3, -0.25) is 4.79 Å². The van der Waals surface area contributed by atoms with Gasteiger partial charge in [0.25, 0.3) is 0 Å². The number of carboxylic acid groups (broad SMARTS) is 1. The Bertz CT molecular complexity index is 465. The molecule has 1 fully saturated rings. The van der Waals surface area contributed by atoms with E-state index in [0.29, 0.717) is 23.4 Å². The molecule has 0 bridgehead atoms. The van der Waals surface area contributed by atoms with Crippen LogP contribution in [0.15, 0.2) is 18.2 Å². The second-order valence-corrected chi connectivity index (χ2v) is 5.85. The van der Waals surface area contributed by atoms with E-state index in [1.54, 1.807) is 6.07 Å². The topological polar surface area (TPSA) is 37.3 Å². The fourth-order valence-electron chi connectivity index (χ4n) is 2.91. The molecule has 0 saturated heterocycles. The molecule has 0 amide bonds. The van der Waals surface area contributed by atoms with Gasteiger partial charge in [-0.2, -0.15) is 0 Å². The molecular formula is C15H18ClFO2. The molecule has 1 aliphatic carbocycles. The van der Waals surface area contributed by atoms with Gasteiger partial charge in [0.05, 0.1) is 5.41 Å². The second kappa shape index (κ2) is 5.91. The van der Waals surface area contributed by atoms with E-state index >= 15 is 0 Å². The standard InChI is InChI=1S/C15H18ClFO2/c16-12-5-6-13(17)11(9-12)10-15(14(18)19)7-3-1-2-4-8-15/h5-6,9H,1-4,7-8,10H2,(H,18,19). The number of rotatable bonds is 3. The maximum absolute atomic E-state index is 13.8. The molecule has 0 aromatic heterocycles. The van der Waals surface area contributed by atoms with Crippen molar-refractivity contribution in [1.29, 1.82) is 0 Å². The average Bonchev–Trinajstić information content (AvgIpc) is 2.60. The zero-order valence-electron chi connectivity index (χ0n) is 10.8. The van der Waals surface area contributed by atoms with Crippen molar-refractivity contribution in [2.75, 3.05) is 0 Å². The highest BCUT2D eigenvalue weighted by molar-refractivity contribution is 6.30. The van der Waals surface area contributed by atoms with E-state index in [-0.39, 0.29) is 12.2 Å². The number of carbonyl (C=O) groups is 1. The first-order chi connectivity index (χ1) is 9.03. The summed E-state index contributed by atoms with van der Waals surface area (Å²) >= 11 is 5.88. The quantitative estimate of drug-likeness (QED) is 0.833. The lowest BCUT2D eigenvalue weighted by Gasteiger charge is -2.28. The van der Waals surface area contributed by atoms with Gasteiger partial charge >= 0.3 is 5.97 Å². The summed E-state index contributed by atoms with van der Waals surface area (Å²) in [6.45, 7) is 0. The summed E-state index contributed by atoms with van der Waals surface area (Å²) in [6.07, 6.45) is 5.39. The van der Waals surface area contributed by atoms with Crippen molar-refractivity contribution in [3.63, 3.8) is 0 Å². The van der Waals surface area contributed by atoms with Gasteiger partial charge in [0.1, 0.15) is 5.82 Å². The molecule has 1 aromatic rings. The third kappa shape index (κ3) is 3.27. The molecule has 0 unspecified atom stereocenters. The summed E-state index contributed by atoms with van der Waals surface area (Å²) in [7, 11) is 0. The predicted molar refractivity (Wildman–Crippen MR) is 72.9 cm³/mol. The highest BCUT2D eigenvalue weighted by Gasteiger charge is 2.39. The lowest BCUT2D eigenvalue weighted by molar-refractivity contribution is -0.149. The minimum absolute atomic E-state index is 0.231. The fourth-order valence-corrected chi connectivity index (χ4v) is 3.11. The Morgan fingerprint density at radius 3 is 2.47 bits per heavy atom. The third-order valence-electron chi connectivity index (χ3n) is 4.05. The molecule has 2 nitrogen and oxygen atoms in total. The predicted octanol–water partition coefficient (Wildman–Crippen LogP) is 4.45. The number of halogens is 2. The molecule has 0 radical (unpaired) electrons. The van der Waals surface area contributed by atoms with E-state index in [4.69, 9.17) is 11.6 Å². The lowest BCUT2D eigenvalue weighted by atomic mass is 9.75. The summed E-state index contributed by atoms with van der Waals surface area (Å²) in [5, 5.41) is 10.0. The maximum atomic E-state index is 13.8. The van der Waals surface area contributed by atoms with Gasteiger partial charge in [0, 0.05) is 5.02 Å². The molecule has 1 aromatic carbocycles. The van der Waals surface area contributed by atoms with Crippen molar-refractivity contribution in [1.82, 2.24) is 0 Å². The first-order valence-corrected chi connectivity index (χ1v) is 7.09. The fraction of sp³-hybridized carbons (Fsp3) is 0.533. The Morgan fingerprint density at radius 1 is 1.26 bits per heavy atom. The van der Waals surface area contributed by atoms with E-state index in [2.05, 4.69) is 0 Å². The minimum atomic E-state index is -0.831. The highest BCUT2D eigenvalue weighted by Crippen LogP contribution is 2.39. The van der Waals surface area contributed by atoms with Gasteiger partial charge in [-0.25, -0.2) is 4.39 Å². The van der Waals surface area contributed by atoms with Gasteiger partial charge in [0.2, 0.25) is 0 Å². The van der Waals surface area contributed by atoms with E-state index in [1.165, 1.54) is 12.1 Å². The Balaban J connectivity index is 2.29. The molecule has 0 spiro atoms. The van der Waals surface area contributed by atoms with Gasteiger partial charge in [0.15, 0.2) is 0 Å². The average molecular weight is 285 g/mol. The van der Waals surface area contributed by atoms with Crippen molar-refractivity contribution in [3.8, 4) is 0 Å². The van der Waals surface area contributed by atoms with Crippen LogP contribution in [0.5, 0.6) is 0 Å². The minimum Gasteiger partial charge on any atom is -0.481 e. The molecule has 2 rings (SSSR count). The van der Waals surface area contributed by atoms with Crippen LogP contribution < -0.4 is 0 Å². The number of carboxylic acids is 1. The van der Waals surface area contributed by atoms with Crippen molar-refractivity contribution >= 4 is 17.6 Å². The molecular weight excluding hydrogens is 267 g/mol. The van der Waals surface area contributed by atoms with Crippen molar-refractivity contribution in [2.24, 2.45) is 5.41 Å². The van der Waals surface area contributed by atoms with Crippen LogP contribution in [0.1, 0.15) is 44.1 Å². The number of aliphatic carboxylic acids is 1. The zero-order valence-corrected chi connectivity index (χ0v) is 11.5. The van der Waals surface area contributed by atoms with Gasteiger partial charge < -0.3 is 5.11 Å². The van der Waals surface area contributed by atoms with Crippen LogP contribution >= 0.6 is 11.6 Å². The molecule has 0 atom stereocenters. The largest absolute Gasteiger partial charge is 0.481 e. The summed E-state index contributed by atoms with van der Waals surface area (Å²) < 4.78 is 13.8. The molecule has 1 saturated carbocycles. The zero-order chi connectivity index (χ0) is 13.9. The summed E-state index contributed by atoms with van der Waals surface area (Å²) in [5.74, 6) is -1.18. The second-order valence-electron chi connectivity index (χ2n) is 5.41. The molecule has 0 aliphatic heterocycles. The number of hydrogen-bond acceptors (Lipinski definition) is 1. The van der Waals surface area contributed by atoms with Crippen molar-refractivity contribution < 1.29 is 14.3 Å². The first-order valence-electron chi connectivity index (χ1n) is 6.71. The molecule has 19 heavy (non-hydrogen) atoms. The van der Waals surface area contributed by atoms with Crippen LogP contribution in [-0.4, -0.2) is 11.1 Å². The Hall–Kier alpha value is -1.09. The third-order valence-corrected chi connectivity index (χ3v) is 4.29. The van der Waals surface area contributed by atoms with Crippen molar-refractivity contribution in [3.05, 3.63) is 34.6 Å². The SMILES string of the molecule is O=C(O)C1(Cc2cc(Cl)ccc2F)CCCCCC1. The Kier molecular flexibility index (Phi) is 4.46. The van der Waals surface area contributed by atoms with Crippen LogP contribution in [0, 0.1) is 11.2 Å². The molecule has 104 valence electrons. The smallest absolute Gasteiger partial charge is 0.309 e. The van der Waals surface area contributed by atoms with Gasteiger partial charge in [-0.1, -0.05) is 37.3 Å². The van der Waals surface area contributed by atoms with Crippen molar-refractivity contribution in [2.45, 2.75) is 44.9 Å². The van der Waals surface area contributed by atoms with E-state index in [0.717, 1.165) is 25.7 Å². The Morgan fingerprint density at radius 2 is 1.89 bits per heavy atom. The van der Waals surface area contributed by atoms with Crippen LogP contribution in [0.3, 0.4) is 0 Å². The normalized spacial score (nSPS) is 18.8. The van der Waals surface area contributed by atoms with Crippen LogP contribution in [0.4, 0.5) is 4.39 Å². The molecule has 0 heterocycles. The highest BCUT2D eigenvalue weighted by atomic mass is 35.5. The van der Waals surface area contributed by atoms with E-state index in [9.17, 15) is 14.3 Å². The molecule has 1 aliphatic rings. The van der Waals surface area contributed by atoms with E-state index < -0.39 is 11.4 Å². The number of benzene rings is 1. The van der Waals surface area contributed by atoms with Crippen LogP contribution in [0.2, 0.25) is 5.02 Å². The van der Waals surface area contributed by atoms with E-state index in [1.807, 2.05) is 0 Å². The van der Waals surface area contributed by atoms with Crippen LogP contribution in [-0.2, 0) is 11.2 Å². The number of hydrogen-bond donors (Lipinski definition) is 1. The van der Waals surface area contributed by atoms with Crippen LogP contribution in [0.25, 0.3) is 0 Å².